The van der Waals surface area contributed by atoms with Crippen LogP contribution in [0, 0.1) is 10.0 Å². The van der Waals surface area contributed by atoms with Crippen LogP contribution in [0.2, 0.25) is 0 Å². The summed E-state index contributed by atoms with van der Waals surface area (Å²) in [6.45, 7) is 0. The van der Waals surface area contributed by atoms with Crippen molar-refractivity contribution in [1.82, 2.24) is 0 Å². The van der Waals surface area contributed by atoms with Crippen LogP contribution >= 0.6 is 0 Å². The SMILES string of the molecule is B#N.N#[SiH].[Ba+2].[O]=[Ti]([O-])[O-]. The number of rotatable bonds is 0. The molecular weight excluding hydrogens is 300 g/mol. The van der Waals surface area contributed by atoms with Gasteiger partial charge in [-0.15, -0.1) is 0 Å². The standard InChI is InChI=1S/BN.Ba.HNSi.3O.Ti/c1-2;;1-2;;;;/h;;2H;;;;/q;+2;;;2*-1;. The minimum atomic E-state index is -4.08. The quantitative estimate of drug-likeness (QED) is 0.425. The van der Waals surface area contributed by atoms with E-state index in [4.69, 9.17) is 20.7 Å². The molecule has 0 amide bonds. The Labute approximate surface area is 104 Å². The van der Waals surface area contributed by atoms with Crippen molar-refractivity contribution >= 4 is 66.2 Å². The number of hydrogen-bond donors (Lipinski definition) is 0. The Morgan fingerprint density at radius 1 is 1.33 bits per heavy atom. The number of nitrogens with zero attached hydrogens (tertiary/aromatic N) is 2. The van der Waals surface area contributed by atoms with Crippen molar-refractivity contribution in [2.24, 2.45) is 0 Å². The van der Waals surface area contributed by atoms with Crippen LogP contribution in [0.3, 0.4) is 0 Å². The van der Waals surface area contributed by atoms with Gasteiger partial charge in [0.2, 0.25) is 0 Å². The molecule has 0 atom stereocenters. The van der Waals surface area contributed by atoms with Crippen LogP contribution in [0.4, 0.5) is 0 Å². The fourth-order valence-corrected chi connectivity index (χ4v) is 0. The van der Waals surface area contributed by atoms with Crippen molar-refractivity contribution in [3.63, 3.8) is 0 Å². The van der Waals surface area contributed by atoms with Crippen molar-refractivity contribution in [1.29, 1.82) is 10.0 Å². The molecule has 0 aromatic carbocycles. The van der Waals surface area contributed by atoms with Crippen LogP contribution in [0.15, 0.2) is 0 Å². The molecule has 0 aromatic rings. The van der Waals surface area contributed by atoms with Gasteiger partial charge < -0.3 is 0 Å². The summed E-state index contributed by atoms with van der Waals surface area (Å²) in [4.78, 5) is 6.92. The first kappa shape index (κ1) is 22.4. The summed E-state index contributed by atoms with van der Waals surface area (Å²) in [6.07, 6.45) is 0. The summed E-state index contributed by atoms with van der Waals surface area (Å²) in [5.74, 6) is 0. The Kier molecular flexibility index (Phi) is 82.8. The second-order valence-electron chi connectivity index (χ2n) is 0.250. The van der Waals surface area contributed by atoms with Gasteiger partial charge in [-0.3, -0.25) is 4.89 Å². The third-order valence-electron chi connectivity index (χ3n) is 0. The van der Waals surface area contributed by atoms with Gasteiger partial charge >= 0.3 is 90.8 Å². The summed E-state index contributed by atoms with van der Waals surface area (Å²) in [7, 11) is 4.92. The first-order valence-corrected chi connectivity index (χ1v) is 3.56. The van der Waals surface area contributed by atoms with E-state index in [9.17, 15) is 0 Å². The van der Waals surface area contributed by atoms with E-state index in [2.05, 4.69) is 7.49 Å². The topological polar surface area (TPSA) is 111 Å². The molecule has 0 heterocycles. The predicted octanol–water partition coefficient (Wildman–Crippen LogP) is -3.88. The molecule has 0 radical (unpaired) electrons. The molecule has 0 N–H and O–H groups in total. The summed E-state index contributed by atoms with van der Waals surface area (Å²) in [6, 6.07) is 0. The minimum absolute atomic E-state index is 0. The molecule has 0 bridgehead atoms. The van der Waals surface area contributed by atoms with Crippen LogP contribution in [0.1, 0.15) is 0 Å². The van der Waals surface area contributed by atoms with Gasteiger partial charge in [-0.1, -0.05) is 0 Å². The zero-order valence-electron chi connectivity index (χ0n) is 4.48. The first-order chi connectivity index (χ1) is 3.73. The molecule has 0 saturated carbocycles. The second-order valence-corrected chi connectivity index (χ2v) is 1.03. The summed E-state index contributed by atoms with van der Waals surface area (Å²) < 4.78 is 25.8. The zero-order chi connectivity index (χ0) is 7.58. The zero-order valence-corrected chi connectivity index (χ0v) is 11.6. The van der Waals surface area contributed by atoms with Crippen molar-refractivity contribution in [3.05, 3.63) is 0 Å². The van der Waals surface area contributed by atoms with E-state index >= 15 is 0 Å². The molecule has 0 aromatic heterocycles. The molecule has 0 spiro atoms. The van der Waals surface area contributed by atoms with Gasteiger partial charge in [0, 0.05) is 0 Å². The Morgan fingerprint density at radius 2 is 1.33 bits per heavy atom. The van der Waals surface area contributed by atoms with E-state index < -0.39 is 18.6 Å². The van der Waals surface area contributed by atoms with Crippen molar-refractivity contribution in [2.75, 3.05) is 0 Å². The summed E-state index contributed by atoms with van der Waals surface area (Å²) >= 11 is -4.08. The monoisotopic (exact) mass is 302 g/mol. The number of hydrogen-bond acceptors (Lipinski definition) is 5. The van der Waals surface area contributed by atoms with E-state index in [1.807, 2.05) is 0 Å². The molecule has 0 aliphatic heterocycles. The molecule has 0 unspecified atom stereocenters. The fraction of sp³-hybridized carbons (Fsp3) is 0. The summed E-state index contributed by atoms with van der Waals surface area (Å²) in [5.41, 5.74) is 0. The second kappa shape index (κ2) is 33.2. The van der Waals surface area contributed by atoms with E-state index in [1.54, 1.807) is 0 Å². The van der Waals surface area contributed by atoms with Crippen LogP contribution < -0.4 is 7.38 Å². The maximum atomic E-state index is 8.58. The van der Waals surface area contributed by atoms with Gasteiger partial charge in [-0.2, -0.15) is 0 Å². The fourth-order valence-electron chi connectivity index (χ4n) is 0. The molecular formula is HBBaN2O3SiTi. The average molecular weight is 301 g/mol. The van der Waals surface area contributed by atoms with E-state index in [-0.39, 0.29) is 48.9 Å². The average Bonchev–Trinajstić information content (AvgIpc) is 1.75. The van der Waals surface area contributed by atoms with Crippen molar-refractivity contribution in [3.8, 4) is 0 Å². The Morgan fingerprint density at radius 3 is 1.33 bits per heavy atom. The van der Waals surface area contributed by atoms with Gasteiger partial charge in [-0.05, 0) is 0 Å². The Hall–Kier alpha value is 1.71. The molecule has 0 saturated heterocycles. The first-order valence-electron chi connectivity index (χ1n) is 1.13. The van der Waals surface area contributed by atoms with Crippen LogP contribution in [0.5, 0.6) is 0 Å². The molecule has 5 nitrogen and oxygen atoms in total. The van der Waals surface area contributed by atoms with Crippen molar-refractivity contribution in [2.45, 2.75) is 0 Å². The van der Waals surface area contributed by atoms with E-state index in [0.29, 0.717) is 0 Å². The molecule has 42 valence electrons. The molecule has 0 rings (SSSR count). The Balaban J connectivity index is -0.0000000221. The Bertz CT molecular complexity index is 84.3. The van der Waals surface area contributed by atoms with Crippen molar-refractivity contribution < 1.29 is 29.3 Å². The maximum absolute atomic E-state index is 8.58. The third kappa shape index (κ3) is 198. The normalized spacial score (nSPS) is 3.67. The van der Waals surface area contributed by atoms with Crippen LogP contribution in [0.25, 0.3) is 0 Å². The van der Waals surface area contributed by atoms with Gasteiger partial charge in [0.1, 0.15) is 0 Å². The molecule has 0 aliphatic carbocycles. The van der Waals surface area contributed by atoms with Crippen LogP contribution in [-0.2, 0) is 21.9 Å². The molecule has 9 heavy (non-hydrogen) atoms. The van der Waals surface area contributed by atoms with Gasteiger partial charge in [0.15, 0.2) is 9.88 Å². The predicted molar refractivity (Wildman–Crippen MR) is 22.8 cm³/mol. The van der Waals surface area contributed by atoms with E-state index in [0.717, 1.165) is 0 Å². The molecule has 0 aliphatic rings. The molecule has 9 heteroatoms. The van der Waals surface area contributed by atoms with E-state index in [1.165, 1.54) is 9.88 Å². The van der Waals surface area contributed by atoms with Gasteiger partial charge in [0.05, 0.1) is 0 Å². The van der Waals surface area contributed by atoms with Gasteiger partial charge in [-0.25, -0.2) is 0 Å². The third-order valence-corrected chi connectivity index (χ3v) is 0. The van der Waals surface area contributed by atoms with Crippen LogP contribution in [-0.4, -0.2) is 66.2 Å². The molecule has 0 fully saturated rings. The summed E-state index contributed by atoms with van der Waals surface area (Å²) in [5, 5.41) is 6.50. The van der Waals surface area contributed by atoms with Gasteiger partial charge in [0.25, 0.3) is 0 Å².